The molecule has 0 bridgehead atoms. The molecule has 2 heterocycles. The van der Waals surface area contributed by atoms with E-state index < -0.39 is 0 Å². The van der Waals surface area contributed by atoms with Gasteiger partial charge in [0.1, 0.15) is 17.3 Å². The van der Waals surface area contributed by atoms with Crippen LogP contribution in [0.25, 0.3) is 0 Å². The maximum atomic E-state index is 12.6. The molecule has 1 saturated heterocycles. The molecule has 0 atom stereocenters. The molecule has 0 N–H and O–H groups in total. The number of carbonyl (C=O) groups excluding carboxylic acids is 1. The molecule has 3 rings (SSSR count). The number of nitrogens with zero attached hydrogens (tertiary/aromatic N) is 3. The lowest BCUT2D eigenvalue weighted by molar-refractivity contribution is -0.131. The normalized spacial score (nSPS) is 14.2. The first-order chi connectivity index (χ1) is 13.1. The monoisotopic (exact) mass is 433 g/mol. The van der Waals surface area contributed by atoms with Gasteiger partial charge in [-0.2, -0.15) is 0 Å². The molecule has 1 aliphatic heterocycles. The van der Waals surface area contributed by atoms with Crippen LogP contribution in [-0.2, 0) is 11.2 Å². The van der Waals surface area contributed by atoms with Crippen LogP contribution in [0.3, 0.4) is 0 Å². The zero-order valence-electron chi connectivity index (χ0n) is 15.7. The number of anilines is 1. The van der Waals surface area contributed by atoms with Crippen molar-refractivity contribution in [2.45, 2.75) is 12.8 Å². The van der Waals surface area contributed by atoms with Gasteiger partial charge in [0.05, 0.1) is 14.2 Å². The minimum absolute atomic E-state index is 0.170. The molecule has 0 radical (unpaired) electrons. The van der Waals surface area contributed by atoms with Crippen LogP contribution in [0.5, 0.6) is 11.5 Å². The van der Waals surface area contributed by atoms with Crippen molar-refractivity contribution < 1.29 is 14.3 Å². The fourth-order valence-corrected chi connectivity index (χ4v) is 3.45. The molecule has 2 aromatic rings. The molecular weight excluding hydrogens is 410 g/mol. The Kier molecular flexibility index (Phi) is 6.55. The van der Waals surface area contributed by atoms with E-state index in [0.717, 1.165) is 40.4 Å². The summed E-state index contributed by atoms with van der Waals surface area (Å²) in [5, 5.41) is 0. The fraction of sp³-hybridized carbons (Fsp3) is 0.400. The summed E-state index contributed by atoms with van der Waals surface area (Å²) in [5.41, 5.74) is 0.989. The van der Waals surface area contributed by atoms with Gasteiger partial charge >= 0.3 is 0 Å². The molecule has 144 valence electrons. The Bertz CT molecular complexity index is 775. The smallest absolute Gasteiger partial charge is 0.223 e. The predicted octanol–water partition coefficient (Wildman–Crippen LogP) is 3.14. The number of ether oxygens (including phenoxy) is 2. The molecule has 1 amide bonds. The highest BCUT2D eigenvalue weighted by molar-refractivity contribution is 9.10. The Morgan fingerprint density at radius 2 is 1.89 bits per heavy atom. The molecule has 1 aromatic carbocycles. The molecule has 1 fully saturated rings. The van der Waals surface area contributed by atoms with Crippen molar-refractivity contribution in [3.8, 4) is 11.5 Å². The molecule has 0 spiro atoms. The summed E-state index contributed by atoms with van der Waals surface area (Å²) in [6, 6.07) is 9.66. The van der Waals surface area contributed by atoms with Gasteiger partial charge in [0.15, 0.2) is 0 Å². The van der Waals surface area contributed by atoms with Crippen LogP contribution >= 0.6 is 15.9 Å². The largest absolute Gasteiger partial charge is 0.497 e. The summed E-state index contributed by atoms with van der Waals surface area (Å²) in [5.74, 6) is 2.68. The highest BCUT2D eigenvalue weighted by atomic mass is 79.9. The molecule has 7 heteroatoms. The van der Waals surface area contributed by atoms with E-state index in [1.807, 2.05) is 35.2 Å². The number of pyridine rings is 1. The quantitative estimate of drug-likeness (QED) is 0.700. The Hall–Kier alpha value is -2.28. The van der Waals surface area contributed by atoms with E-state index in [-0.39, 0.29) is 5.91 Å². The Morgan fingerprint density at radius 1 is 1.11 bits per heavy atom. The van der Waals surface area contributed by atoms with Crippen LogP contribution < -0.4 is 14.4 Å². The van der Waals surface area contributed by atoms with Gasteiger partial charge in [-0.25, -0.2) is 4.98 Å². The second kappa shape index (κ2) is 9.08. The van der Waals surface area contributed by atoms with Crippen LogP contribution in [0, 0.1) is 0 Å². The third-order valence-corrected chi connectivity index (χ3v) is 5.23. The van der Waals surface area contributed by atoms with Crippen LogP contribution in [0.4, 0.5) is 5.82 Å². The standard InChI is InChI=1S/C20H24BrN3O3/c1-26-17-5-6-18(27-2)15(13-17)3-8-20(25)24-11-9-23(10-12-24)19-7-4-16(21)14-22-19/h4-7,13-14H,3,8-12H2,1-2H3. The third kappa shape index (κ3) is 4.91. The highest BCUT2D eigenvalue weighted by Gasteiger charge is 2.22. The van der Waals surface area contributed by atoms with Crippen LogP contribution in [0.1, 0.15) is 12.0 Å². The molecule has 27 heavy (non-hydrogen) atoms. The van der Waals surface area contributed by atoms with Gasteiger partial charge in [-0.1, -0.05) is 0 Å². The predicted molar refractivity (Wildman–Crippen MR) is 109 cm³/mol. The minimum Gasteiger partial charge on any atom is -0.497 e. The van der Waals surface area contributed by atoms with E-state index >= 15 is 0 Å². The number of methoxy groups -OCH3 is 2. The van der Waals surface area contributed by atoms with E-state index in [9.17, 15) is 4.79 Å². The summed E-state index contributed by atoms with van der Waals surface area (Å²) < 4.78 is 11.6. The number of hydrogen-bond donors (Lipinski definition) is 0. The van der Waals surface area contributed by atoms with Crippen molar-refractivity contribution in [1.82, 2.24) is 9.88 Å². The van der Waals surface area contributed by atoms with Crippen LogP contribution in [0.15, 0.2) is 41.0 Å². The number of hydrogen-bond acceptors (Lipinski definition) is 5. The van der Waals surface area contributed by atoms with E-state index in [1.54, 1.807) is 20.4 Å². The lowest BCUT2D eigenvalue weighted by atomic mass is 10.1. The van der Waals surface area contributed by atoms with E-state index in [4.69, 9.17) is 9.47 Å². The summed E-state index contributed by atoms with van der Waals surface area (Å²) >= 11 is 3.40. The summed E-state index contributed by atoms with van der Waals surface area (Å²) in [4.78, 5) is 21.2. The van der Waals surface area contributed by atoms with Gasteiger partial charge in [0.25, 0.3) is 0 Å². The first-order valence-electron chi connectivity index (χ1n) is 8.96. The van der Waals surface area contributed by atoms with Crippen molar-refractivity contribution in [2.24, 2.45) is 0 Å². The second-order valence-electron chi connectivity index (χ2n) is 6.38. The Morgan fingerprint density at radius 3 is 2.52 bits per heavy atom. The van der Waals surface area contributed by atoms with Gasteiger partial charge in [0.2, 0.25) is 5.91 Å². The number of piperazine rings is 1. The fourth-order valence-electron chi connectivity index (χ4n) is 3.22. The number of aryl methyl sites for hydroxylation is 1. The number of aromatic nitrogens is 1. The molecular formula is C20H24BrN3O3. The maximum absolute atomic E-state index is 12.6. The second-order valence-corrected chi connectivity index (χ2v) is 7.30. The minimum atomic E-state index is 0.170. The summed E-state index contributed by atoms with van der Waals surface area (Å²) in [6.07, 6.45) is 2.89. The molecule has 0 aliphatic carbocycles. The van der Waals surface area contributed by atoms with Crippen LogP contribution in [0.2, 0.25) is 0 Å². The van der Waals surface area contributed by atoms with Crippen molar-refractivity contribution in [3.63, 3.8) is 0 Å². The average molecular weight is 434 g/mol. The van der Waals surface area contributed by atoms with Crippen molar-refractivity contribution >= 4 is 27.7 Å². The van der Waals surface area contributed by atoms with E-state index in [1.165, 1.54) is 0 Å². The third-order valence-electron chi connectivity index (χ3n) is 4.76. The highest BCUT2D eigenvalue weighted by Crippen LogP contribution is 2.25. The number of halogens is 1. The maximum Gasteiger partial charge on any atom is 0.223 e. The summed E-state index contributed by atoms with van der Waals surface area (Å²) in [7, 11) is 3.28. The first kappa shape index (κ1) is 19.5. The zero-order valence-corrected chi connectivity index (χ0v) is 17.2. The van der Waals surface area contributed by atoms with Crippen molar-refractivity contribution in [3.05, 3.63) is 46.6 Å². The van der Waals surface area contributed by atoms with Crippen molar-refractivity contribution in [2.75, 3.05) is 45.3 Å². The van der Waals surface area contributed by atoms with Gasteiger partial charge < -0.3 is 19.3 Å². The van der Waals surface area contributed by atoms with E-state index in [2.05, 4.69) is 25.8 Å². The average Bonchev–Trinajstić information content (AvgIpc) is 2.72. The SMILES string of the molecule is COc1ccc(OC)c(CCC(=O)N2CCN(c3ccc(Br)cn3)CC2)c1. The molecule has 1 aliphatic rings. The number of carbonyl (C=O) groups is 1. The number of benzene rings is 1. The number of rotatable bonds is 6. The molecule has 1 aromatic heterocycles. The Labute approximate surface area is 168 Å². The van der Waals surface area contributed by atoms with Gasteiger partial charge in [-0.3, -0.25) is 4.79 Å². The van der Waals surface area contributed by atoms with Gasteiger partial charge in [-0.05, 0) is 58.2 Å². The van der Waals surface area contributed by atoms with Gasteiger partial charge in [0, 0.05) is 43.3 Å². The Balaban J connectivity index is 1.53. The topological polar surface area (TPSA) is 54.9 Å². The summed E-state index contributed by atoms with van der Waals surface area (Å²) in [6.45, 7) is 3.02. The molecule has 0 saturated carbocycles. The van der Waals surface area contributed by atoms with E-state index in [0.29, 0.717) is 25.9 Å². The molecule has 0 unspecified atom stereocenters. The number of amides is 1. The van der Waals surface area contributed by atoms with Gasteiger partial charge in [-0.15, -0.1) is 0 Å². The molecule has 6 nitrogen and oxygen atoms in total. The lowest BCUT2D eigenvalue weighted by Crippen LogP contribution is -2.49. The first-order valence-corrected chi connectivity index (χ1v) is 9.75. The van der Waals surface area contributed by atoms with Crippen LogP contribution in [-0.4, -0.2) is 56.2 Å². The van der Waals surface area contributed by atoms with Crippen molar-refractivity contribution in [1.29, 1.82) is 0 Å². The zero-order chi connectivity index (χ0) is 19.2. The lowest BCUT2D eigenvalue weighted by Gasteiger charge is -2.35.